The van der Waals surface area contributed by atoms with Gasteiger partial charge in [0.2, 0.25) is 11.8 Å². The number of aryl methyl sites for hydroxylation is 1. The summed E-state index contributed by atoms with van der Waals surface area (Å²) in [5, 5.41) is 8.64. The largest absolute Gasteiger partial charge is 0.343 e. The predicted molar refractivity (Wildman–Crippen MR) is 146 cm³/mol. The molecule has 1 aromatic heterocycles. The monoisotopic (exact) mass is 554 g/mol. The average Bonchev–Trinajstić information content (AvgIpc) is 3.16. The summed E-state index contributed by atoms with van der Waals surface area (Å²) in [6.07, 6.45) is -0.824. The van der Waals surface area contributed by atoms with Crippen molar-refractivity contribution in [2.45, 2.75) is 64.0 Å². The number of rotatable bonds is 10. The summed E-state index contributed by atoms with van der Waals surface area (Å²) in [4.78, 5) is 45.8. The summed E-state index contributed by atoms with van der Waals surface area (Å²) >= 11 is 0. The van der Waals surface area contributed by atoms with Crippen molar-refractivity contribution < 1.29 is 23.2 Å². The molecule has 214 valence electrons. The second kappa shape index (κ2) is 11.8. The first-order chi connectivity index (χ1) is 18.9. The fourth-order valence-corrected chi connectivity index (χ4v) is 5.28. The molecular formula is C29H36F2N6O3. The van der Waals surface area contributed by atoms with Crippen LogP contribution in [0.2, 0.25) is 0 Å². The van der Waals surface area contributed by atoms with Crippen molar-refractivity contribution in [3.05, 3.63) is 65.5 Å². The van der Waals surface area contributed by atoms with Crippen molar-refractivity contribution in [3.8, 4) is 0 Å². The molecule has 2 aliphatic rings. The SMILES string of the molecule is CN1N=C2CCN(C(=O)C(CCCc3cccc(C(F)F)n3)NC(=O)C(C)(C)N)CC2(Cc2ccccc2)C1=O. The number of carbonyl (C=O) groups excluding carboxylic acids is 3. The van der Waals surface area contributed by atoms with Crippen LogP contribution in [0.1, 0.15) is 56.5 Å². The van der Waals surface area contributed by atoms with Gasteiger partial charge in [-0.2, -0.15) is 5.10 Å². The van der Waals surface area contributed by atoms with E-state index in [4.69, 9.17) is 5.73 Å². The summed E-state index contributed by atoms with van der Waals surface area (Å²) in [6, 6.07) is 13.2. The Morgan fingerprint density at radius 3 is 2.55 bits per heavy atom. The molecule has 1 fully saturated rings. The van der Waals surface area contributed by atoms with E-state index < -0.39 is 29.3 Å². The number of aromatic nitrogens is 1. The van der Waals surface area contributed by atoms with Gasteiger partial charge < -0.3 is 16.0 Å². The lowest BCUT2D eigenvalue weighted by molar-refractivity contribution is -0.142. The molecule has 2 aromatic rings. The zero-order valence-electron chi connectivity index (χ0n) is 23.1. The van der Waals surface area contributed by atoms with Gasteiger partial charge in [-0.05, 0) is 57.2 Å². The van der Waals surface area contributed by atoms with E-state index in [1.165, 1.54) is 17.1 Å². The van der Waals surface area contributed by atoms with E-state index in [2.05, 4.69) is 15.4 Å². The maximum atomic E-state index is 13.9. The number of fused-ring (bicyclic) bond motifs is 1. The van der Waals surface area contributed by atoms with Gasteiger partial charge in [-0.3, -0.25) is 19.4 Å². The third kappa shape index (κ3) is 6.35. The Kier molecular flexibility index (Phi) is 8.62. The van der Waals surface area contributed by atoms with Crippen LogP contribution in [0.3, 0.4) is 0 Å². The number of nitrogens with one attached hydrogen (secondary N) is 1. The number of hydrazone groups is 1. The van der Waals surface area contributed by atoms with Crippen LogP contribution in [0, 0.1) is 5.41 Å². The predicted octanol–water partition coefficient (Wildman–Crippen LogP) is 2.85. The Labute approximate surface area is 232 Å². The number of benzene rings is 1. The minimum absolute atomic E-state index is 0.138. The number of carbonyl (C=O) groups is 3. The molecule has 9 nitrogen and oxygen atoms in total. The molecule has 2 unspecified atom stereocenters. The van der Waals surface area contributed by atoms with Crippen LogP contribution in [0.25, 0.3) is 0 Å². The van der Waals surface area contributed by atoms with Crippen molar-refractivity contribution in [1.29, 1.82) is 0 Å². The van der Waals surface area contributed by atoms with E-state index in [0.29, 0.717) is 37.9 Å². The molecule has 3 heterocycles. The van der Waals surface area contributed by atoms with E-state index >= 15 is 0 Å². The maximum Gasteiger partial charge on any atom is 0.280 e. The molecular weight excluding hydrogens is 518 g/mol. The number of nitrogens with two attached hydrogens (primary N) is 1. The Hall–Kier alpha value is -3.73. The van der Waals surface area contributed by atoms with Crippen molar-refractivity contribution in [2.75, 3.05) is 20.1 Å². The molecule has 1 saturated heterocycles. The molecule has 1 aromatic carbocycles. The molecule has 40 heavy (non-hydrogen) atoms. The Balaban J connectivity index is 1.53. The first kappa shape index (κ1) is 29.3. The fourth-order valence-electron chi connectivity index (χ4n) is 5.28. The number of halogens is 2. The molecule has 3 amide bonds. The highest BCUT2D eigenvalue weighted by Gasteiger charge is 2.53. The zero-order chi connectivity index (χ0) is 29.1. The normalized spacial score (nSPS) is 19.9. The van der Waals surface area contributed by atoms with Crippen molar-refractivity contribution >= 4 is 23.4 Å². The van der Waals surface area contributed by atoms with Crippen LogP contribution in [-0.4, -0.2) is 70.0 Å². The highest BCUT2D eigenvalue weighted by Crippen LogP contribution is 2.38. The van der Waals surface area contributed by atoms with Crippen molar-refractivity contribution in [1.82, 2.24) is 20.2 Å². The minimum atomic E-state index is -2.67. The summed E-state index contributed by atoms with van der Waals surface area (Å²) in [7, 11) is 1.62. The number of alkyl halides is 2. The van der Waals surface area contributed by atoms with E-state index in [1.807, 2.05) is 30.3 Å². The van der Waals surface area contributed by atoms with Gasteiger partial charge in [0, 0.05) is 32.3 Å². The first-order valence-corrected chi connectivity index (χ1v) is 13.4. The molecule has 11 heteroatoms. The van der Waals surface area contributed by atoms with Gasteiger partial charge in [-0.1, -0.05) is 36.4 Å². The molecule has 2 atom stereocenters. The van der Waals surface area contributed by atoms with Gasteiger partial charge in [0.1, 0.15) is 17.2 Å². The van der Waals surface area contributed by atoms with Crippen molar-refractivity contribution in [3.63, 3.8) is 0 Å². The smallest absolute Gasteiger partial charge is 0.280 e. The fraction of sp³-hybridized carbons (Fsp3) is 0.483. The van der Waals surface area contributed by atoms with Crippen LogP contribution < -0.4 is 11.1 Å². The van der Waals surface area contributed by atoms with Gasteiger partial charge in [0.15, 0.2) is 0 Å². The highest BCUT2D eigenvalue weighted by atomic mass is 19.3. The lowest BCUT2D eigenvalue weighted by Crippen LogP contribution is -2.60. The number of pyridine rings is 1. The van der Waals surface area contributed by atoms with E-state index in [1.54, 1.807) is 31.9 Å². The van der Waals surface area contributed by atoms with E-state index in [-0.39, 0.29) is 30.5 Å². The molecule has 0 bridgehead atoms. The molecule has 2 aliphatic heterocycles. The molecule has 0 saturated carbocycles. The Morgan fingerprint density at radius 2 is 1.88 bits per heavy atom. The number of piperidine rings is 1. The van der Waals surface area contributed by atoms with Crippen LogP contribution >= 0.6 is 0 Å². The topological polar surface area (TPSA) is 121 Å². The van der Waals surface area contributed by atoms with Crippen LogP contribution in [-0.2, 0) is 27.2 Å². The van der Waals surface area contributed by atoms with Crippen LogP contribution in [0.15, 0.2) is 53.6 Å². The molecule has 3 N–H and O–H groups in total. The van der Waals surface area contributed by atoms with Gasteiger partial charge in [-0.15, -0.1) is 0 Å². The second-order valence-electron chi connectivity index (χ2n) is 11.1. The standard InChI is InChI=1S/C29H36F2N6O3/c1-28(2,32)26(39)34-22(14-8-12-20-11-7-13-21(33-20)24(30)31)25(38)37-16-15-23-29(18-37,27(40)36(3)35-23)17-19-9-5-4-6-10-19/h4-7,9-11,13,22,24H,8,12,14-18,32H2,1-3H3,(H,34,39). The number of nitrogens with zero attached hydrogens (tertiary/aromatic N) is 4. The molecule has 0 aliphatic carbocycles. The maximum absolute atomic E-state index is 13.9. The summed E-state index contributed by atoms with van der Waals surface area (Å²) in [5.74, 6) is -0.975. The first-order valence-electron chi connectivity index (χ1n) is 13.4. The lowest BCUT2D eigenvalue weighted by atomic mass is 9.73. The summed E-state index contributed by atoms with van der Waals surface area (Å²) < 4.78 is 26.1. The third-order valence-electron chi connectivity index (χ3n) is 7.43. The van der Waals surface area contributed by atoms with E-state index in [0.717, 1.165) is 11.3 Å². The minimum Gasteiger partial charge on any atom is -0.343 e. The number of amides is 3. The number of hydrogen-bond acceptors (Lipinski definition) is 6. The Morgan fingerprint density at radius 1 is 1.15 bits per heavy atom. The average molecular weight is 555 g/mol. The number of hydrogen-bond donors (Lipinski definition) is 2. The van der Waals surface area contributed by atoms with Gasteiger partial charge in [-0.25, -0.2) is 13.8 Å². The van der Waals surface area contributed by atoms with Gasteiger partial charge >= 0.3 is 0 Å². The molecule has 0 radical (unpaired) electrons. The Bertz CT molecular complexity index is 1280. The summed E-state index contributed by atoms with van der Waals surface area (Å²) in [5.41, 5.74) is 5.69. The molecule has 0 spiro atoms. The molecule has 4 rings (SSSR count). The highest BCUT2D eigenvalue weighted by molar-refractivity contribution is 6.13. The lowest BCUT2D eigenvalue weighted by Gasteiger charge is -2.41. The summed E-state index contributed by atoms with van der Waals surface area (Å²) in [6.45, 7) is 3.59. The quantitative estimate of drug-likeness (QED) is 0.468. The number of likely N-dealkylation sites (tertiary alicyclic amines) is 1. The van der Waals surface area contributed by atoms with Gasteiger partial charge in [0.25, 0.3) is 12.3 Å². The zero-order valence-corrected chi connectivity index (χ0v) is 23.1. The van der Waals surface area contributed by atoms with Crippen LogP contribution in [0.5, 0.6) is 0 Å². The third-order valence-corrected chi connectivity index (χ3v) is 7.43. The van der Waals surface area contributed by atoms with E-state index in [9.17, 15) is 23.2 Å². The van der Waals surface area contributed by atoms with Crippen molar-refractivity contribution in [2.24, 2.45) is 16.3 Å². The second-order valence-corrected chi connectivity index (χ2v) is 11.1. The van der Waals surface area contributed by atoms with Crippen LogP contribution in [0.4, 0.5) is 8.78 Å². The van der Waals surface area contributed by atoms with Gasteiger partial charge in [0.05, 0.1) is 11.3 Å².